The fourth-order valence-electron chi connectivity index (χ4n) is 3.75. The first kappa shape index (κ1) is 26.1. The summed E-state index contributed by atoms with van der Waals surface area (Å²) in [5, 5.41) is 8.15. The molecule has 7 nitrogen and oxygen atoms in total. The monoisotopic (exact) mass is 515 g/mol. The predicted octanol–water partition coefficient (Wildman–Crippen LogP) is 5.85. The van der Waals surface area contributed by atoms with Crippen molar-refractivity contribution in [3.8, 4) is 5.75 Å². The van der Waals surface area contributed by atoms with E-state index >= 15 is 0 Å². The van der Waals surface area contributed by atoms with Crippen LogP contribution < -0.4 is 15.4 Å². The maximum Gasteiger partial charge on any atom is 0.257 e. The van der Waals surface area contributed by atoms with Crippen LogP contribution in [-0.2, 0) is 17.6 Å². The molecule has 37 heavy (non-hydrogen) atoms. The van der Waals surface area contributed by atoms with Crippen molar-refractivity contribution in [2.24, 2.45) is 0 Å². The van der Waals surface area contributed by atoms with E-state index in [0.717, 1.165) is 29.7 Å². The van der Waals surface area contributed by atoms with Crippen molar-refractivity contribution in [1.82, 2.24) is 4.98 Å². The predicted molar refractivity (Wildman–Crippen MR) is 147 cm³/mol. The van der Waals surface area contributed by atoms with Gasteiger partial charge in [0.1, 0.15) is 5.75 Å². The molecule has 2 N–H and O–H groups in total. The van der Waals surface area contributed by atoms with Crippen molar-refractivity contribution in [3.05, 3.63) is 107 Å². The highest BCUT2D eigenvalue weighted by molar-refractivity contribution is 7.13. The Hall–Kier alpha value is -4.01. The van der Waals surface area contributed by atoms with Crippen molar-refractivity contribution in [1.29, 1.82) is 0 Å². The minimum atomic E-state index is -0.232. The van der Waals surface area contributed by atoms with E-state index in [9.17, 15) is 9.59 Å². The second kappa shape index (κ2) is 13.3. The van der Waals surface area contributed by atoms with Crippen LogP contribution in [0.25, 0.3) is 0 Å². The number of anilines is 2. The molecule has 0 fully saturated rings. The van der Waals surface area contributed by atoms with E-state index < -0.39 is 0 Å². The summed E-state index contributed by atoms with van der Waals surface area (Å²) >= 11 is 1.37. The third kappa shape index (κ3) is 7.99. The zero-order chi connectivity index (χ0) is 25.9. The number of carbonyl (C=O) groups is 2. The summed E-state index contributed by atoms with van der Waals surface area (Å²) in [6.45, 7) is 1.10. The molecule has 0 unspecified atom stereocenters. The number of aryl methyl sites for hydroxylation is 2. The van der Waals surface area contributed by atoms with Gasteiger partial charge in [0, 0.05) is 48.5 Å². The molecule has 0 radical (unpaired) electrons. The number of ether oxygens (including phenoxy) is 2. The van der Waals surface area contributed by atoms with Gasteiger partial charge in [-0.3, -0.25) is 14.9 Å². The molecule has 2 amide bonds. The Morgan fingerprint density at radius 3 is 2.43 bits per heavy atom. The lowest BCUT2D eigenvalue weighted by atomic mass is 10.0. The third-order valence-electron chi connectivity index (χ3n) is 5.57. The molecule has 4 aromatic rings. The van der Waals surface area contributed by atoms with Crippen molar-refractivity contribution < 1.29 is 19.1 Å². The number of amides is 2. The quantitative estimate of drug-likeness (QED) is 0.231. The summed E-state index contributed by atoms with van der Waals surface area (Å²) in [4.78, 5) is 29.5. The molecule has 4 rings (SSSR count). The van der Waals surface area contributed by atoms with Gasteiger partial charge in [-0.2, -0.15) is 0 Å². The second-order valence-corrected chi connectivity index (χ2v) is 9.27. The average Bonchev–Trinajstić information content (AvgIpc) is 3.44. The molecule has 190 valence electrons. The van der Waals surface area contributed by atoms with Crippen LogP contribution in [0.1, 0.15) is 38.3 Å². The highest BCUT2D eigenvalue weighted by atomic mass is 32.1. The van der Waals surface area contributed by atoms with Crippen molar-refractivity contribution >= 4 is 34.0 Å². The maximum absolute atomic E-state index is 12.9. The molecule has 0 bridgehead atoms. The van der Waals surface area contributed by atoms with Gasteiger partial charge in [0.15, 0.2) is 5.13 Å². The Bertz CT molecular complexity index is 1310. The summed E-state index contributed by atoms with van der Waals surface area (Å²) in [5.41, 5.74) is 3.92. The smallest absolute Gasteiger partial charge is 0.257 e. The standard InChI is InChI=1S/C29H29N3O4S/c1-35-14-6-15-36-26-19-22(17-24(20-26)28(34)32-29-30-13-16-37-29)12-11-21-7-5-10-25(18-21)31-27(33)23-8-3-2-4-9-23/h2-5,7-10,13,16-20H,6,11-12,14-15H2,1H3,(H,31,33)(H,30,32,34). The van der Waals surface area contributed by atoms with Crippen molar-refractivity contribution in [3.63, 3.8) is 0 Å². The largest absolute Gasteiger partial charge is 0.493 e. The van der Waals surface area contributed by atoms with Crippen LogP contribution in [0, 0.1) is 0 Å². The Morgan fingerprint density at radius 2 is 1.65 bits per heavy atom. The number of thiazole rings is 1. The Labute approximate surface area is 220 Å². The first-order chi connectivity index (χ1) is 18.1. The van der Waals surface area contributed by atoms with Crippen molar-refractivity contribution in [2.75, 3.05) is 31.0 Å². The Kier molecular flexibility index (Phi) is 9.40. The van der Waals surface area contributed by atoms with Crippen LogP contribution in [0.15, 0.2) is 84.4 Å². The number of methoxy groups -OCH3 is 1. The number of aromatic nitrogens is 1. The minimum absolute atomic E-state index is 0.146. The molecule has 8 heteroatoms. The summed E-state index contributed by atoms with van der Waals surface area (Å²) in [6.07, 6.45) is 3.83. The molecular formula is C29H29N3O4S. The first-order valence-corrected chi connectivity index (χ1v) is 12.9. The lowest BCUT2D eigenvalue weighted by Gasteiger charge is -2.12. The summed E-state index contributed by atoms with van der Waals surface area (Å²) in [6, 6.07) is 22.5. The van der Waals surface area contributed by atoms with Gasteiger partial charge in [-0.15, -0.1) is 11.3 Å². The van der Waals surface area contributed by atoms with Gasteiger partial charge in [-0.05, 0) is 66.4 Å². The molecule has 0 saturated heterocycles. The van der Waals surface area contributed by atoms with Crippen LogP contribution in [-0.4, -0.2) is 37.1 Å². The number of hydrogen-bond donors (Lipinski definition) is 2. The molecule has 1 aromatic heterocycles. The topological polar surface area (TPSA) is 89.5 Å². The molecule has 0 aliphatic rings. The van der Waals surface area contributed by atoms with Crippen LogP contribution in [0.4, 0.5) is 10.8 Å². The zero-order valence-corrected chi connectivity index (χ0v) is 21.4. The van der Waals surface area contributed by atoms with Gasteiger partial charge in [0.2, 0.25) is 0 Å². The molecule has 0 atom stereocenters. The Balaban J connectivity index is 1.45. The summed E-state index contributed by atoms with van der Waals surface area (Å²) < 4.78 is 11.0. The highest BCUT2D eigenvalue weighted by Gasteiger charge is 2.12. The van der Waals surface area contributed by atoms with E-state index in [1.165, 1.54) is 11.3 Å². The molecular weight excluding hydrogens is 486 g/mol. The van der Waals surface area contributed by atoms with E-state index in [-0.39, 0.29) is 11.8 Å². The maximum atomic E-state index is 12.9. The molecule has 0 spiro atoms. The normalized spacial score (nSPS) is 10.6. The summed E-state index contributed by atoms with van der Waals surface area (Å²) in [5.74, 6) is 0.262. The minimum Gasteiger partial charge on any atom is -0.493 e. The number of benzene rings is 3. The molecule has 0 saturated carbocycles. The number of carbonyl (C=O) groups excluding carboxylic acids is 2. The fourth-order valence-corrected chi connectivity index (χ4v) is 4.28. The lowest BCUT2D eigenvalue weighted by molar-refractivity contribution is 0.101. The van der Waals surface area contributed by atoms with Gasteiger partial charge in [0.05, 0.1) is 6.61 Å². The second-order valence-electron chi connectivity index (χ2n) is 8.37. The Morgan fingerprint density at radius 1 is 0.838 bits per heavy atom. The van der Waals surface area contributed by atoms with Crippen LogP contribution in [0.2, 0.25) is 0 Å². The first-order valence-electron chi connectivity index (χ1n) is 12.0. The van der Waals surface area contributed by atoms with Crippen LogP contribution >= 0.6 is 11.3 Å². The third-order valence-corrected chi connectivity index (χ3v) is 6.25. The fraction of sp³-hybridized carbons (Fsp3) is 0.207. The molecule has 3 aromatic carbocycles. The van der Waals surface area contributed by atoms with Gasteiger partial charge >= 0.3 is 0 Å². The number of nitrogens with zero attached hydrogens (tertiary/aromatic N) is 1. The van der Waals surface area contributed by atoms with Gasteiger partial charge in [-0.1, -0.05) is 30.3 Å². The van der Waals surface area contributed by atoms with Gasteiger partial charge < -0.3 is 14.8 Å². The van der Waals surface area contributed by atoms with E-state index in [1.54, 1.807) is 31.5 Å². The van der Waals surface area contributed by atoms with E-state index in [4.69, 9.17) is 9.47 Å². The van der Waals surface area contributed by atoms with E-state index in [2.05, 4.69) is 15.6 Å². The number of rotatable bonds is 12. The van der Waals surface area contributed by atoms with Gasteiger partial charge in [-0.25, -0.2) is 4.98 Å². The SMILES string of the molecule is COCCCOc1cc(CCc2cccc(NC(=O)c3ccccc3)c2)cc(C(=O)Nc2nccs2)c1. The molecule has 0 aliphatic heterocycles. The summed E-state index contributed by atoms with van der Waals surface area (Å²) in [7, 11) is 1.66. The molecule has 0 aliphatic carbocycles. The number of nitrogens with one attached hydrogen (secondary N) is 2. The number of hydrogen-bond acceptors (Lipinski definition) is 6. The molecule has 1 heterocycles. The van der Waals surface area contributed by atoms with Crippen LogP contribution in [0.5, 0.6) is 5.75 Å². The van der Waals surface area contributed by atoms with E-state index in [0.29, 0.717) is 41.6 Å². The lowest BCUT2D eigenvalue weighted by Crippen LogP contribution is -2.13. The van der Waals surface area contributed by atoms with Crippen molar-refractivity contribution in [2.45, 2.75) is 19.3 Å². The average molecular weight is 516 g/mol. The highest BCUT2D eigenvalue weighted by Crippen LogP contribution is 2.22. The van der Waals surface area contributed by atoms with E-state index in [1.807, 2.05) is 60.0 Å². The van der Waals surface area contributed by atoms with Gasteiger partial charge in [0.25, 0.3) is 11.8 Å². The van der Waals surface area contributed by atoms with Crippen LogP contribution in [0.3, 0.4) is 0 Å². The zero-order valence-electron chi connectivity index (χ0n) is 20.6.